The Bertz CT molecular complexity index is 701. The van der Waals surface area contributed by atoms with Crippen molar-refractivity contribution in [2.75, 3.05) is 25.0 Å². The van der Waals surface area contributed by atoms with Crippen LogP contribution in [0.5, 0.6) is 5.75 Å². The number of amides is 1. The Morgan fingerprint density at radius 1 is 1.40 bits per heavy atom. The number of hydrogen-bond donors (Lipinski definition) is 2. The molecule has 1 aliphatic rings. The van der Waals surface area contributed by atoms with Gasteiger partial charge in [-0.2, -0.15) is 5.26 Å². The maximum Gasteiger partial charge on any atom is 0.309 e. The number of hydrogen-bond acceptors (Lipinski definition) is 6. The van der Waals surface area contributed by atoms with E-state index in [1.54, 1.807) is 30.0 Å². The van der Waals surface area contributed by atoms with Crippen molar-refractivity contribution in [1.82, 2.24) is 4.90 Å². The van der Waals surface area contributed by atoms with Crippen molar-refractivity contribution in [3.05, 3.63) is 36.0 Å². The number of nitriles is 1. The van der Waals surface area contributed by atoms with Gasteiger partial charge in [-0.1, -0.05) is 12.1 Å². The summed E-state index contributed by atoms with van der Waals surface area (Å²) in [6.07, 6.45) is 2.33. The number of esters is 1. The minimum absolute atomic E-state index is 0.0266. The molecule has 0 aliphatic carbocycles. The fourth-order valence-corrected chi connectivity index (χ4v) is 2.64. The van der Waals surface area contributed by atoms with Crippen LogP contribution in [0, 0.1) is 17.2 Å². The predicted molar refractivity (Wildman–Crippen MR) is 91.4 cm³/mol. The lowest BCUT2D eigenvalue weighted by molar-refractivity contribution is -0.150. The molecule has 1 heterocycles. The number of phenolic OH excluding ortho intramolecular Hbond substituents is 1. The highest BCUT2D eigenvalue weighted by Crippen LogP contribution is 2.23. The molecule has 0 saturated carbocycles. The summed E-state index contributed by atoms with van der Waals surface area (Å²) in [7, 11) is 0. The van der Waals surface area contributed by atoms with Gasteiger partial charge in [0.05, 0.1) is 18.2 Å². The molecule has 2 N–H and O–H groups in total. The predicted octanol–water partition coefficient (Wildman–Crippen LogP) is 2.01. The van der Waals surface area contributed by atoms with Crippen LogP contribution in [0.3, 0.4) is 0 Å². The number of aromatic hydroxyl groups is 1. The lowest BCUT2D eigenvalue weighted by Gasteiger charge is -2.30. The lowest BCUT2D eigenvalue weighted by Crippen LogP contribution is -2.41. The van der Waals surface area contributed by atoms with Crippen molar-refractivity contribution in [3.8, 4) is 11.8 Å². The van der Waals surface area contributed by atoms with Gasteiger partial charge in [-0.3, -0.25) is 9.59 Å². The second-order valence-electron chi connectivity index (χ2n) is 5.65. The zero-order valence-corrected chi connectivity index (χ0v) is 14.1. The van der Waals surface area contributed by atoms with Crippen LogP contribution in [0.2, 0.25) is 0 Å². The van der Waals surface area contributed by atoms with Gasteiger partial charge in [-0.05, 0) is 31.9 Å². The largest absolute Gasteiger partial charge is 0.506 e. The number of phenols is 1. The summed E-state index contributed by atoms with van der Waals surface area (Å²) in [5.41, 5.74) is 0.349. The number of piperidine rings is 1. The number of carbonyl (C=O) groups is 2. The number of nitrogens with one attached hydrogen (secondary N) is 1. The van der Waals surface area contributed by atoms with Gasteiger partial charge in [0.15, 0.2) is 0 Å². The van der Waals surface area contributed by atoms with Gasteiger partial charge in [0.25, 0.3) is 5.91 Å². The summed E-state index contributed by atoms with van der Waals surface area (Å²) < 4.78 is 5.00. The molecule has 1 aliphatic heterocycles. The van der Waals surface area contributed by atoms with Crippen LogP contribution in [0.25, 0.3) is 0 Å². The number of likely N-dealkylation sites (tertiary alicyclic amines) is 1. The van der Waals surface area contributed by atoms with E-state index in [0.717, 1.165) is 0 Å². The molecular formula is C18H21N3O4. The van der Waals surface area contributed by atoms with Crippen molar-refractivity contribution in [3.63, 3.8) is 0 Å². The molecule has 2 rings (SSSR count). The van der Waals surface area contributed by atoms with Gasteiger partial charge < -0.3 is 20.1 Å². The second-order valence-corrected chi connectivity index (χ2v) is 5.65. The Balaban J connectivity index is 1.97. The van der Waals surface area contributed by atoms with Gasteiger partial charge in [0.1, 0.15) is 17.4 Å². The molecular weight excluding hydrogens is 322 g/mol. The number of nitrogens with zero attached hydrogens (tertiary/aromatic N) is 2. The normalized spacial score (nSPS) is 15.4. The monoisotopic (exact) mass is 343 g/mol. The van der Waals surface area contributed by atoms with Crippen LogP contribution in [0.15, 0.2) is 36.0 Å². The highest BCUT2D eigenvalue weighted by Gasteiger charge is 2.29. The summed E-state index contributed by atoms with van der Waals surface area (Å²) in [4.78, 5) is 25.7. The Morgan fingerprint density at radius 2 is 2.08 bits per heavy atom. The van der Waals surface area contributed by atoms with Crippen molar-refractivity contribution in [2.45, 2.75) is 19.8 Å². The quantitative estimate of drug-likeness (QED) is 0.367. The molecule has 0 spiro atoms. The SMILES string of the molecule is CCOC(=O)C1CCN(C(=O)/C(C#N)=C\Nc2ccccc2O)CC1. The molecule has 1 aromatic rings. The molecule has 7 nitrogen and oxygen atoms in total. The number of anilines is 1. The van der Waals surface area contributed by atoms with Gasteiger partial charge in [0.2, 0.25) is 0 Å². The van der Waals surface area contributed by atoms with E-state index in [9.17, 15) is 20.0 Å². The average Bonchev–Trinajstić information content (AvgIpc) is 2.63. The number of ether oxygens (including phenoxy) is 1. The molecule has 25 heavy (non-hydrogen) atoms. The zero-order valence-electron chi connectivity index (χ0n) is 14.1. The van der Waals surface area contributed by atoms with Crippen molar-refractivity contribution in [2.24, 2.45) is 5.92 Å². The third-order valence-electron chi connectivity index (χ3n) is 4.03. The smallest absolute Gasteiger partial charge is 0.309 e. The summed E-state index contributed by atoms with van der Waals surface area (Å²) in [6.45, 7) is 2.91. The van der Waals surface area contributed by atoms with Crippen LogP contribution in [0.4, 0.5) is 5.69 Å². The summed E-state index contributed by atoms with van der Waals surface area (Å²) in [5.74, 6) is -0.795. The number of rotatable bonds is 5. The van der Waals surface area contributed by atoms with Crippen LogP contribution in [-0.2, 0) is 14.3 Å². The first-order chi connectivity index (χ1) is 12.1. The summed E-state index contributed by atoms with van der Waals surface area (Å²) in [6, 6.07) is 8.42. The molecule has 1 saturated heterocycles. The molecule has 7 heteroatoms. The third-order valence-corrected chi connectivity index (χ3v) is 4.03. The highest BCUT2D eigenvalue weighted by molar-refractivity contribution is 5.97. The van der Waals surface area contributed by atoms with Crippen LogP contribution in [-0.4, -0.2) is 41.6 Å². The molecule has 132 valence electrons. The number of para-hydroxylation sites is 2. The van der Waals surface area contributed by atoms with E-state index >= 15 is 0 Å². The summed E-state index contributed by atoms with van der Waals surface area (Å²) >= 11 is 0. The van der Waals surface area contributed by atoms with E-state index in [1.807, 2.05) is 6.07 Å². The van der Waals surface area contributed by atoms with E-state index in [4.69, 9.17) is 4.74 Å². The van der Waals surface area contributed by atoms with Gasteiger partial charge in [0, 0.05) is 19.3 Å². The first-order valence-corrected chi connectivity index (χ1v) is 8.17. The van der Waals surface area contributed by atoms with Gasteiger partial charge in [-0.25, -0.2) is 0 Å². The van der Waals surface area contributed by atoms with Gasteiger partial charge >= 0.3 is 5.97 Å². The first-order valence-electron chi connectivity index (χ1n) is 8.17. The van der Waals surface area contributed by atoms with Crippen LogP contribution >= 0.6 is 0 Å². The minimum atomic E-state index is -0.396. The maximum atomic E-state index is 12.5. The molecule has 0 atom stereocenters. The molecule has 0 radical (unpaired) electrons. The lowest BCUT2D eigenvalue weighted by atomic mass is 9.96. The van der Waals surface area contributed by atoms with Crippen molar-refractivity contribution in [1.29, 1.82) is 5.26 Å². The number of benzene rings is 1. The van der Waals surface area contributed by atoms with Crippen LogP contribution < -0.4 is 5.32 Å². The maximum absolute atomic E-state index is 12.5. The highest BCUT2D eigenvalue weighted by atomic mass is 16.5. The topological polar surface area (TPSA) is 103 Å². The summed E-state index contributed by atoms with van der Waals surface area (Å²) in [5, 5.41) is 21.7. The standard InChI is InChI=1S/C18H21N3O4/c1-2-25-18(24)13-7-9-21(10-8-13)17(23)14(11-19)12-20-15-5-3-4-6-16(15)22/h3-6,12-13,20,22H,2,7-10H2,1H3/b14-12-. The Kier molecular flexibility index (Phi) is 6.40. The van der Waals surface area contributed by atoms with E-state index in [2.05, 4.69) is 5.32 Å². The number of carbonyl (C=O) groups excluding carboxylic acids is 2. The van der Waals surface area contributed by atoms with Crippen molar-refractivity contribution < 1.29 is 19.4 Å². The van der Waals surface area contributed by atoms with E-state index in [-0.39, 0.29) is 23.2 Å². The fraction of sp³-hybridized carbons (Fsp3) is 0.389. The zero-order chi connectivity index (χ0) is 18.2. The molecule has 0 aromatic heterocycles. The second kappa shape index (κ2) is 8.73. The van der Waals surface area contributed by atoms with Gasteiger partial charge in [-0.15, -0.1) is 0 Å². The minimum Gasteiger partial charge on any atom is -0.506 e. The first kappa shape index (κ1) is 18.3. The Hall–Kier alpha value is -3.01. The Morgan fingerprint density at radius 3 is 2.68 bits per heavy atom. The van der Waals surface area contributed by atoms with E-state index in [1.165, 1.54) is 12.3 Å². The molecule has 0 unspecified atom stereocenters. The van der Waals surface area contributed by atoms with E-state index < -0.39 is 5.91 Å². The third kappa shape index (κ3) is 4.73. The Labute approximate surface area is 146 Å². The molecule has 1 fully saturated rings. The molecule has 1 amide bonds. The van der Waals surface area contributed by atoms with Crippen molar-refractivity contribution >= 4 is 17.6 Å². The molecule has 0 bridgehead atoms. The molecule has 1 aromatic carbocycles. The fourth-order valence-electron chi connectivity index (χ4n) is 2.64. The van der Waals surface area contributed by atoms with E-state index in [0.29, 0.717) is 38.2 Å². The van der Waals surface area contributed by atoms with Crippen LogP contribution in [0.1, 0.15) is 19.8 Å². The average molecular weight is 343 g/mol.